The Morgan fingerprint density at radius 2 is 1.96 bits per heavy atom. The van der Waals surface area contributed by atoms with Crippen LogP contribution in [0, 0.1) is 0 Å². The molecule has 0 fully saturated rings. The van der Waals surface area contributed by atoms with Gasteiger partial charge in [-0.15, -0.1) is 0 Å². The first-order valence-electron chi connectivity index (χ1n) is 8.04. The third-order valence-corrected chi connectivity index (χ3v) is 4.30. The highest BCUT2D eigenvalue weighted by molar-refractivity contribution is 5.97. The second-order valence-corrected chi connectivity index (χ2v) is 5.87. The Labute approximate surface area is 146 Å². The fraction of sp³-hybridized carbons (Fsp3) is 0.200. The molecule has 2 N–H and O–H groups in total. The number of anilines is 1. The molecule has 0 spiro atoms. The minimum atomic E-state index is -0.335. The van der Waals surface area contributed by atoms with Crippen molar-refractivity contribution in [3.63, 3.8) is 0 Å². The van der Waals surface area contributed by atoms with Gasteiger partial charge in [-0.1, -0.05) is 24.3 Å². The smallest absolute Gasteiger partial charge is 0.231 e. The average Bonchev–Trinajstić information content (AvgIpc) is 2.66. The molecule has 5 nitrogen and oxygen atoms in total. The maximum absolute atomic E-state index is 12.6. The second-order valence-electron chi connectivity index (χ2n) is 5.87. The number of methoxy groups -OCH3 is 1. The first-order valence-corrected chi connectivity index (χ1v) is 8.04. The fourth-order valence-corrected chi connectivity index (χ4v) is 2.70. The summed E-state index contributed by atoms with van der Waals surface area (Å²) < 4.78 is 5.24. The molecule has 0 bridgehead atoms. The lowest BCUT2D eigenvalue weighted by Gasteiger charge is -2.15. The van der Waals surface area contributed by atoms with Gasteiger partial charge >= 0.3 is 0 Å². The minimum absolute atomic E-state index is 0.143. The zero-order chi connectivity index (χ0) is 17.8. The van der Waals surface area contributed by atoms with Gasteiger partial charge in [-0.2, -0.15) is 0 Å². The monoisotopic (exact) mass is 336 g/mol. The summed E-state index contributed by atoms with van der Waals surface area (Å²) in [7, 11) is 1.64. The fourth-order valence-electron chi connectivity index (χ4n) is 2.70. The number of nitrogens with zero attached hydrogens (tertiary/aromatic N) is 1. The molecular weight excluding hydrogens is 316 g/mol. The summed E-state index contributed by atoms with van der Waals surface area (Å²) in [5.41, 5.74) is 2.10. The lowest BCUT2D eigenvalue weighted by atomic mass is 9.97. The molecule has 3 aromatic rings. The Morgan fingerprint density at radius 3 is 2.72 bits per heavy atom. The van der Waals surface area contributed by atoms with Crippen LogP contribution in [0.2, 0.25) is 0 Å². The third kappa shape index (κ3) is 3.61. The number of pyridine rings is 1. The molecule has 25 heavy (non-hydrogen) atoms. The summed E-state index contributed by atoms with van der Waals surface area (Å²) in [5.74, 6) is 0.327. The van der Waals surface area contributed by atoms with Crippen LogP contribution in [0.5, 0.6) is 5.75 Å². The second kappa shape index (κ2) is 7.32. The van der Waals surface area contributed by atoms with Gasteiger partial charge in [0.25, 0.3) is 0 Å². The standard InChI is InChI=1S/C20H20N2O3/c1-13(20(24)22-19-11-21-8-7-17(19)12-23)14-3-4-16-10-18(25-2)6-5-15(16)9-14/h3-11,13,23H,12H2,1-2H3,(H,22,24)/t13-/m0/s1. The Morgan fingerprint density at radius 1 is 1.20 bits per heavy atom. The van der Waals surface area contributed by atoms with Gasteiger partial charge in [0.1, 0.15) is 5.75 Å². The number of carbonyl (C=O) groups is 1. The number of hydrogen-bond donors (Lipinski definition) is 2. The van der Waals surface area contributed by atoms with Crippen molar-refractivity contribution in [2.24, 2.45) is 0 Å². The lowest BCUT2D eigenvalue weighted by Crippen LogP contribution is -2.19. The molecule has 2 aromatic carbocycles. The maximum Gasteiger partial charge on any atom is 0.231 e. The summed E-state index contributed by atoms with van der Waals surface area (Å²) in [6.45, 7) is 1.71. The Balaban J connectivity index is 1.83. The summed E-state index contributed by atoms with van der Waals surface area (Å²) in [6.07, 6.45) is 3.13. The van der Waals surface area contributed by atoms with Crippen LogP contribution in [0.25, 0.3) is 10.8 Å². The summed E-state index contributed by atoms with van der Waals surface area (Å²) >= 11 is 0. The number of nitrogens with one attached hydrogen (secondary N) is 1. The number of benzene rings is 2. The molecule has 0 unspecified atom stereocenters. The number of aromatic nitrogens is 1. The molecule has 1 aromatic heterocycles. The van der Waals surface area contributed by atoms with E-state index in [1.54, 1.807) is 25.6 Å². The average molecular weight is 336 g/mol. The number of aliphatic hydroxyl groups excluding tert-OH is 1. The van der Waals surface area contributed by atoms with Gasteiger partial charge < -0.3 is 15.2 Å². The van der Waals surface area contributed by atoms with E-state index in [0.717, 1.165) is 22.1 Å². The molecule has 0 aliphatic rings. The molecule has 1 atom stereocenters. The quantitative estimate of drug-likeness (QED) is 0.748. The molecule has 128 valence electrons. The van der Waals surface area contributed by atoms with Gasteiger partial charge in [-0.3, -0.25) is 9.78 Å². The Kier molecular flexibility index (Phi) is 4.95. The van der Waals surface area contributed by atoms with Gasteiger partial charge in [0, 0.05) is 11.8 Å². The molecule has 1 amide bonds. The molecule has 1 heterocycles. The van der Waals surface area contributed by atoms with Crippen LogP contribution < -0.4 is 10.1 Å². The predicted octanol–water partition coefficient (Wildman–Crippen LogP) is 3.48. The molecule has 0 aliphatic heterocycles. The van der Waals surface area contributed by atoms with E-state index in [-0.39, 0.29) is 18.4 Å². The van der Waals surface area contributed by atoms with Crippen LogP contribution in [0.15, 0.2) is 54.9 Å². The van der Waals surface area contributed by atoms with Crippen LogP contribution in [-0.2, 0) is 11.4 Å². The zero-order valence-electron chi connectivity index (χ0n) is 14.2. The lowest BCUT2D eigenvalue weighted by molar-refractivity contribution is -0.117. The summed E-state index contributed by atoms with van der Waals surface area (Å²) in [6, 6.07) is 13.5. The first-order chi connectivity index (χ1) is 12.1. The van der Waals surface area contributed by atoms with Crippen molar-refractivity contribution in [3.8, 4) is 5.75 Å². The van der Waals surface area contributed by atoms with E-state index in [9.17, 15) is 9.90 Å². The number of hydrogen-bond acceptors (Lipinski definition) is 4. The normalized spacial score (nSPS) is 12.0. The van der Waals surface area contributed by atoms with E-state index in [2.05, 4.69) is 10.3 Å². The van der Waals surface area contributed by atoms with Gasteiger partial charge in [0.15, 0.2) is 0 Å². The molecular formula is C20H20N2O3. The van der Waals surface area contributed by atoms with Gasteiger partial charge in [0.05, 0.1) is 31.5 Å². The highest BCUT2D eigenvalue weighted by Crippen LogP contribution is 2.26. The van der Waals surface area contributed by atoms with Gasteiger partial charge in [0.2, 0.25) is 5.91 Å². The first kappa shape index (κ1) is 16.9. The third-order valence-electron chi connectivity index (χ3n) is 4.30. The molecule has 0 saturated carbocycles. The molecule has 0 aliphatic carbocycles. The SMILES string of the molecule is COc1ccc2cc([C@H](C)C(=O)Nc3cnccc3CO)ccc2c1. The number of rotatable bonds is 5. The van der Waals surface area contributed by atoms with E-state index >= 15 is 0 Å². The molecule has 5 heteroatoms. The predicted molar refractivity (Wildman–Crippen MR) is 97.7 cm³/mol. The van der Waals surface area contributed by atoms with Crippen LogP contribution >= 0.6 is 0 Å². The number of ether oxygens (including phenoxy) is 1. The molecule has 3 rings (SSSR count). The van der Waals surface area contributed by atoms with Crippen molar-refractivity contribution in [1.82, 2.24) is 4.98 Å². The van der Waals surface area contributed by atoms with Crippen molar-refractivity contribution < 1.29 is 14.6 Å². The summed E-state index contributed by atoms with van der Waals surface area (Å²) in [5, 5.41) is 14.3. The van der Waals surface area contributed by atoms with Crippen LogP contribution in [-0.4, -0.2) is 23.1 Å². The maximum atomic E-state index is 12.6. The highest BCUT2D eigenvalue weighted by Gasteiger charge is 2.17. The Bertz CT molecular complexity index is 908. The number of fused-ring (bicyclic) bond motifs is 1. The van der Waals surface area contributed by atoms with Crippen molar-refractivity contribution in [2.45, 2.75) is 19.4 Å². The molecule has 0 radical (unpaired) electrons. The summed E-state index contributed by atoms with van der Waals surface area (Å²) in [4.78, 5) is 16.6. The highest BCUT2D eigenvalue weighted by atomic mass is 16.5. The van der Waals surface area contributed by atoms with Crippen LogP contribution in [0.4, 0.5) is 5.69 Å². The topological polar surface area (TPSA) is 71.5 Å². The minimum Gasteiger partial charge on any atom is -0.497 e. The van der Waals surface area contributed by atoms with Gasteiger partial charge in [-0.05, 0) is 41.5 Å². The van der Waals surface area contributed by atoms with E-state index in [1.165, 1.54) is 0 Å². The van der Waals surface area contributed by atoms with Crippen molar-refractivity contribution in [2.75, 3.05) is 12.4 Å². The van der Waals surface area contributed by atoms with Crippen molar-refractivity contribution in [1.29, 1.82) is 0 Å². The zero-order valence-corrected chi connectivity index (χ0v) is 14.2. The Hall–Kier alpha value is -2.92. The van der Waals surface area contributed by atoms with E-state index in [4.69, 9.17) is 4.74 Å². The van der Waals surface area contributed by atoms with E-state index < -0.39 is 0 Å². The largest absolute Gasteiger partial charge is 0.497 e. The number of carbonyl (C=O) groups excluding carboxylic acids is 1. The number of aliphatic hydroxyl groups is 1. The number of amides is 1. The van der Waals surface area contributed by atoms with Crippen LogP contribution in [0.1, 0.15) is 24.0 Å². The van der Waals surface area contributed by atoms with E-state index in [0.29, 0.717) is 11.3 Å². The molecule has 0 saturated heterocycles. The van der Waals surface area contributed by atoms with Gasteiger partial charge in [-0.25, -0.2) is 0 Å². The van der Waals surface area contributed by atoms with Crippen molar-refractivity contribution in [3.05, 3.63) is 66.0 Å². The van der Waals surface area contributed by atoms with Crippen LogP contribution in [0.3, 0.4) is 0 Å². The van der Waals surface area contributed by atoms with Crippen molar-refractivity contribution >= 4 is 22.4 Å². The van der Waals surface area contributed by atoms with E-state index in [1.807, 2.05) is 43.3 Å².